The molecule has 0 fully saturated rings. The molecule has 0 aliphatic rings. The molecule has 2 aromatic rings. The zero-order valence-electron chi connectivity index (χ0n) is 16.0. The quantitative estimate of drug-likeness (QED) is 0.570. The van der Waals surface area contributed by atoms with Crippen molar-refractivity contribution >= 4 is 19.4 Å². The van der Waals surface area contributed by atoms with Crippen LogP contribution >= 0.6 is 8.58 Å². The molecule has 24 heavy (non-hydrogen) atoms. The molecule has 0 aliphatic heterocycles. The molecule has 4 nitrogen and oxygen atoms in total. The van der Waals surface area contributed by atoms with Crippen LogP contribution in [0.1, 0.15) is 22.9 Å². The van der Waals surface area contributed by atoms with Gasteiger partial charge in [0.15, 0.2) is 5.52 Å². The monoisotopic (exact) mass is 340 g/mol. The van der Waals surface area contributed by atoms with E-state index in [0.717, 1.165) is 22.0 Å². The van der Waals surface area contributed by atoms with Crippen LogP contribution in [-0.2, 0) is 0 Å². The van der Waals surface area contributed by atoms with E-state index in [9.17, 15) is 4.79 Å². The first-order valence-corrected chi connectivity index (χ1v) is 8.19. The van der Waals surface area contributed by atoms with Crippen molar-refractivity contribution in [3.63, 3.8) is 0 Å². The second kappa shape index (κ2) is 9.13. The van der Waals surface area contributed by atoms with Gasteiger partial charge in [0.1, 0.15) is 17.2 Å². The van der Waals surface area contributed by atoms with E-state index in [-0.39, 0.29) is 34.4 Å². The second-order valence-electron chi connectivity index (χ2n) is 5.13. The Kier molecular flexibility index (Phi) is 7.83. The molecule has 2 aromatic carbocycles. The molecule has 0 aromatic heterocycles. The van der Waals surface area contributed by atoms with E-state index in [1.165, 1.54) is 0 Å². The number of methoxy groups -OCH3 is 3. The van der Waals surface area contributed by atoms with Gasteiger partial charge in [-0.3, -0.25) is 4.79 Å². The molecule has 2 rings (SSSR count). The van der Waals surface area contributed by atoms with E-state index in [1.807, 2.05) is 32.0 Å². The van der Waals surface area contributed by atoms with Crippen LogP contribution in [-0.4, -0.2) is 26.9 Å². The van der Waals surface area contributed by atoms with E-state index in [1.54, 1.807) is 33.5 Å². The van der Waals surface area contributed by atoms with Gasteiger partial charge in [-0.15, -0.1) is 0 Å². The van der Waals surface area contributed by atoms with Crippen LogP contribution in [0.3, 0.4) is 0 Å². The molecule has 0 radical (unpaired) electrons. The van der Waals surface area contributed by atoms with Gasteiger partial charge >= 0.3 is 18.9 Å². The molecule has 124 valence electrons. The van der Waals surface area contributed by atoms with Crippen molar-refractivity contribution in [3.05, 3.63) is 47.0 Å². The van der Waals surface area contributed by atoms with Crippen LogP contribution in [0.4, 0.5) is 0 Å². The third-order valence-corrected chi connectivity index (χ3v) is 4.88. The van der Waals surface area contributed by atoms with Gasteiger partial charge in [-0.2, -0.15) is 0 Å². The largest absolute Gasteiger partial charge is 1.00 e. The summed E-state index contributed by atoms with van der Waals surface area (Å²) in [5, 5.41) is 0.753. The minimum atomic E-state index is -0.0869. The smallest absolute Gasteiger partial charge is 1.00 e. The van der Waals surface area contributed by atoms with E-state index >= 15 is 0 Å². The zero-order valence-corrected chi connectivity index (χ0v) is 16.0. The van der Waals surface area contributed by atoms with E-state index in [2.05, 4.69) is 0 Å². The second-order valence-corrected chi connectivity index (χ2v) is 6.33. The molecule has 0 saturated heterocycles. The van der Waals surface area contributed by atoms with Gasteiger partial charge in [0.25, 0.3) is 0 Å². The molecule has 0 heterocycles. The molecule has 0 amide bonds. The average Bonchev–Trinajstić information content (AvgIpc) is 2.54. The Morgan fingerprint density at radius 2 is 1.46 bits per heavy atom. The number of ether oxygens (including phenoxy) is 3. The first-order valence-electron chi connectivity index (χ1n) is 7.19. The van der Waals surface area contributed by atoms with Crippen LogP contribution in [0.2, 0.25) is 0 Å². The predicted octanol–water partition coefficient (Wildman–Crippen LogP) is 0.590. The Morgan fingerprint density at radius 1 is 0.958 bits per heavy atom. The number of carbonyl (C=O) groups excluding carboxylic acids is 1. The van der Waals surface area contributed by atoms with Crippen LogP contribution < -0.4 is 38.4 Å². The Hall–Kier alpha value is -1.46. The summed E-state index contributed by atoms with van der Waals surface area (Å²) in [6.45, 7) is 3.90. The number of hydrogen-bond donors (Lipinski definition) is 0. The van der Waals surface area contributed by atoms with Crippen molar-refractivity contribution in [2.24, 2.45) is 0 Å². The third-order valence-electron chi connectivity index (χ3n) is 3.66. The summed E-state index contributed by atoms with van der Waals surface area (Å²) in [5.41, 5.74) is 2.80. The maximum absolute atomic E-state index is 12.8. The first kappa shape index (κ1) is 20.6. The summed E-state index contributed by atoms with van der Waals surface area (Å²) in [5.74, 6) is 1.82. The molecule has 0 bridgehead atoms. The maximum Gasteiger partial charge on any atom is 1.00 e. The summed E-state index contributed by atoms with van der Waals surface area (Å²) < 4.78 is 16.1. The summed E-state index contributed by atoms with van der Waals surface area (Å²) in [7, 11) is 4.64. The number of aryl methyl sites for hydroxylation is 2. The Balaban J connectivity index is 0.00000288. The van der Waals surface area contributed by atoms with Crippen molar-refractivity contribution in [2.75, 3.05) is 21.3 Å². The van der Waals surface area contributed by atoms with Gasteiger partial charge in [0.2, 0.25) is 0 Å². The number of rotatable bonds is 6. The minimum absolute atomic E-state index is 0. The van der Waals surface area contributed by atoms with Gasteiger partial charge in [0.05, 0.1) is 26.6 Å². The Morgan fingerprint density at radius 3 is 1.88 bits per heavy atom. The van der Waals surface area contributed by atoms with E-state index in [4.69, 9.17) is 14.2 Å². The fraction of sp³-hybridized carbons (Fsp3) is 0.278. The maximum atomic E-state index is 12.8. The molecule has 0 spiro atoms. The van der Waals surface area contributed by atoms with Crippen molar-refractivity contribution in [1.29, 1.82) is 0 Å². The number of benzene rings is 2. The fourth-order valence-corrected chi connectivity index (χ4v) is 3.82. The van der Waals surface area contributed by atoms with Crippen LogP contribution in [0.15, 0.2) is 30.3 Å². The van der Waals surface area contributed by atoms with Crippen LogP contribution in [0.5, 0.6) is 17.2 Å². The summed E-state index contributed by atoms with van der Waals surface area (Å²) in [6, 6.07) is 9.39. The topological polar surface area (TPSA) is 44.8 Å². The van der Waals surface area contributed by atoms with E-state index in [0.29, 0.717) is 17.2 Å². The first-order chi connectivity index (χ1) is 11.0. The van der Waals surface area contributed by atoms with Crippen molar-refractivity contribution in [2.45, 2.75) is 13.8 Å². The molecule has 6 heteroatoms. The molecule has 1 atom stereocenters. The Labute approximate surface area is 158 Å². The van der Waals surface area contributed by atoms with Crippen molar-refractivity contribution in [3.8, 4) is 17.2 Å². The summed E-state index contributed by atoms with van der Waals surface area (Å²) in [4.78, 5) is 12.8. The molecule has 1 unspecified atom stereocenters. The summed E-state index contributed by atoms with van der Waals surface area (Å²) >= 11 is 0. The van der Waals surface area contributed by atoms with Gasteiger partial charge in [0, 0.05) is 17.7 Å². The van der Waals surface area contributed by atoms with Crippen molar-refractivity contribution < 1.29 is 39.3 Å². The zero-order chi connectivity index (χ0) is 17.0. The molecule has 0 aliphatic carbocycles. The van der Waals surface area contributed by atoms with Gasteiger partial charge in [-0.05, 0) is 33.6 Å². The SMILES string of the molecule is COc1cc(OC)c(PC(=O)c2c(C)cccc2C)c(OC)c1.[H-].[Li+]. The molecule has 0 N–H and O–H groups in total. The third kappa shape index (κ3) is 4.33. The molecule has 0 saturated carbocycles. The number of hydrogen-bond acceptors (Lipinski definition) is 4. The Bertz CT molecular complexity index is 692. The predicted molar refractivity (Wildman–Crippen MR) is 95.4 cm³/mol. The van der Waals surface area contributed by atoms with Crippen molar-refractivity contribution in [1.82, 2.24) is 0 Å². The normalized spacial score (nSPS) is 10.4. The van der Waals surface area contributed by atoms with E-state index < -0.39 is 0 Å². The fourth-order valence-electron chi connectivity index (χ4n) is 2.48. The molecular formula is C18H22LiO4P. The molecular weight excluding hydrogens is 318 g/mol. The van der Waals surface area contributed by atoms with Crippen LogP contribution in [0, 0.1) is 13.8 Å². The number of carbonyl (C=O) groups is 1. The van der Waals surface area contributed by atoms with Gasteiger partial charge < -0.3 is 15.6 Å². The standard InChI is InChI=1S/C18H21O4P.Li.H/c1-11-7-6-8-12(2)16(11)18(19)23-17-14(21-4)9-13(20-3)10-15(17)22-5;;/h6-10,23H,1-5H3;;/q;+1;-1. The summed E-state index contributed by atoms with van der Waals surface area (Å²) in [6.07, 6.45) is 0. The van der Waals surface area contributed by atoms with Gasteiger partial charge in [-0.25, -0.2) is 0 Å². The van der Waals surface area contributed by atoms with Crippen LogP contribution in [0.25, 0.3) is 0 Å². The van der Waals surface area contributed by atoms with Gasteiger partial charge in [-0.1, -0.05) is 18.2 Å². The minimum Gasteiger partial charge on any atom is -1.00 e. The average molecular weight is 340 g/mol.